The maximum absolute atomic E-state index is 10.8. The Balaban J connectivity index is 2.73. The molecule has 0 radical (unpaired) electrons. The molecular weight excluding hydrogens is 222 g/mol. The van der Waals surface area contributed by atoms with Crippen LogP contribution in [0.2, 0.25) is 0 Å². The van der Waals surface area contributed by atoms with E-state index in [1.54, 1.807) is 12.1 Å². The van der Waals surface area contributed by atoms with Gasteiger partial charge in [0.15, 0.2) is 5.75 Å². The van der Waals surface area contributed by atoms with E-state index < -0.39 is 4.92 Å². The zero-order chi connectivity index (χ0) is 12.7. The molecular formula is C12H17NO4. The van der Waals surface area contributed by atoms with E-state index in [1.807, 2.05) is 0 Å². The molecule has 0 spiro atoms. The minimum absolute atomic E-state index is 0.0548. The Bertz CT molecular complexity index is 379. The molecule has 0 fully saturated rings. The normalized spacial score (nSPS) is 10.0. The summed E-state index contributed by atoms with van der Waals surface area (Å²) in [5.74, 6) is 0.754. The summed E-state index contributed by atoms with van der Waals surface area (Å²) in [6.07, 6.45) is 3.05. The number of nitro groups is 1. The van der Waals surface area contributed by atoms with Crippen LogP contribution in [0.15, 0.2) is 18.2 Å². The van der Waals surface area contributed by atoms with Gasteiger partial charge >= 0.3 is 5.69 Å². The van der Waals surface area contributed by atoms with Crippen molar-refractivity contribution in [1.29, 1.82) is 0 Å². The van der Waals surface area contributed by atoms with Crippen molar-refractivity contribution in [2.24, 2.45) is 0 Å². The SMILES string of the molecule is CCCCCOc1ccc(OC)cc1[N+](=O)[O-]. The minimum atomic E-state index is -0.461. The number of nitrogens with zero attached hydrogens (tertiary/aromatic N) is 1. The summed E-state index contributed by atoms with van der Waals surface area (Å²) < 4.78 is 10.3. The van der Waals surface area contributed by atoms with Crippen molar-refractivity contribution in [3.63, 3.8) is 0 Å². The Morgan fingerprint density at radius 1 is 1.35 bits per heavy atom. The van der Waals surface area contributed by atoms with Gasteiger partial charge in [0.05, 0.1) is 24.7 Å². The Kier molecular flexibility index (Phi) is 5.26. The number of benzene rings is 1. The van der Waals surface area contributed by atoms with E-state index in [4.69, 9.17) is 9.47 Å². The number of nitro benzene ring substituents is 1. The van der Waals surface area contributed by atoms with Gasteiger partial charge in [-0.05, 0) is 18.6 Å². The van der Waals surface area contributed by atoms with Crippen LogP contribution in [-0.2, 0) is 0 Å². The van der Waals surface area contributed by atoms with E-state index in [9.17, 15) is 10.1 Å². The van der Waals surface area contributed by atoms with Crippen molar-refractivity contribution in [2.75, 3.05) is 13.7 Å². The van der Waals surface area contributed by atoms with Crippen LogP contribution in [0.4, 0.5) is 5.69 Å². The number of hydrogen-bond donors (Lipinski definition) is 0. The molecule has 1 aromatic carbocycles. The van der Waals surface area contributed by atoms with Gasteiger partial charge in [-0.1, -0.05) is 19.8 Å². The van der Waals surface area contributed by atoms with E-state index in [0.717, 1.165) is 19.3 Å². The molecule has 0 heterocycles. The zero-order valence-electron chi connectivity index (χ0n) is 10.1. The zero-order valence-corrected chi connectivity index (χ0v) is 10.1. The standard InChI is InChI=1S/C12H17NO4/c1-3-4-5-8-17-12-7-6-10(16-2)9-11(12)13(14)15/h6-7,9H,3-5,8H2,1-2H3. The van der Waals surface area contributed by atoms with Crippen molar-refractivity contribution in [2.45, 2.75) is 26.2 Å². The van der Waals surface area contributed by atoms with E-state index in [0.29, 0.717) is 18.1 Å². The molecule has 0 saturated heterocycles. The van der Waals surface area contributed by atoms with Crippen molar-refractivity contribution >= 4 is 5.69 Å². The molecule has 1 rings (SSSR count). The first kappa shape index (κ1) is 13.3. The highest BCUT2D eigenvalue weighted by Crippen LogP contribution is 2.31. The van der Waals surface area contributed by atoms with Gasteiger partial charge in [0.2, 0.25) is 0 Å². The van der Waals surface area contributed by atoms with Crippen molar-refractivity contribution in [1.82, 2.24) is 0 Å². The van der Waals surface area contributed by atoms with Crippen LogP contribution in [0.25, 0.3) is 0 Å². The number of unbranched alkanes of at least 4 members (excludes halogenated alkanes) is 2. The first-order valence-electron chi connectivity index (χ1n) is 5.64. The van der Waals surface area contributed by atoms with Crippen molar-refractivity contribution < 1.29 is 14.4 Å². The second-order valence-electron chi connectivity index (χ2n) is 3.65. The smallest absolute Gasteiger partial charge is 0.314 e. The molecule has 0 N–H and O–H groups in total. The predicted molar refractivity (Wildman–Crippen MR) is 64.7 cm³/mol. The summed E-state index contributed by atoms with van der Waals surface area (Å²) in [6, 6.07) is 4.60. The van der Waals surface area contributed by atoms with Gasteiger partial charge in [0.25, 0.3) is 0 Å². The van der Waals surface area contributed by atoms with Crippen LogP contribution in [-0.4, -0.2) is 18.6 Å². The fourth-order valence-corrected chi connectivity index (χ4v) is 1.42. The largest absolute Gasteiger partial charge is 0.496 e. The average molecular weight is 239 g/mol. The topological polar surface area (TPSA) is 61.6 Å². The second kappa shape index (κ2) is 6.73. The van der Waals surface area contributed by atoms with E-state index in [-0.39, 0.29) is 5.69 Å². The van der Waals surface area contributed by atoms with Crippen molar-refractivity contribution in [3.8, 4) is 11.5 Å². The summed E-state index contributed by atoms with van der Waals surface area (Å²) in [4.78, 5) is 10.4. The molecule has 0 aliphatic heterocycles. The lowest BCUT2D eigenvalue weighted by atomic mass is 10.2. The molecule has 0 saturated carbocycles. The fourth-order valence-electron chi connectivity index (χ4n) is 1.42. The third-order valence-corrected chi connectivity index (χ3v) is 2.37. The van der Waals surface area contributed by atoms with E-state index in [1.165, 1.54) is 13.2 Å². The molecule has 94 valence electrons. The molecule has 0 aliphatic carbocycles. The van der Waals surface area contributed by atoms with E-state index >= 15 is 0 Å². The maximum Gasteiger partial charge on any atom is 0.314 e. The summed E-state index contributed by atoms with van der Waals surface area (Å²) in [5.41, 5.74) is -0.0548. The summed E-state index contributed by atoms with van der Waals surface area (Å²) in [6.45, 7) is 2.59. The highest BCUT2D eigenvalue weighted by molar-refractivity contribution is 5.50. The number of hydrogen-bond acceptors (Lipinski definition) is 4. The Hall–Kier alpha value is -1.78. The van der Waals surface area contributed by atoms with Crippen LogP contribution in [0.3, 0.4) is 0 Å². The summed E-state index contributed by atoms with van der Waals surface area (Å²) in [7, 11) is 1.47. The molecule has 5 nitrogen and oxygen atoms in total. The third kappa shape index (κ3) is 3.94. The second-order valence-corrected chi connectivity index (χ2v) is 3.65. The Labute approximate surface area is 101 Å². The monoisotopic (exact) mass is 239 g/mol. The highest BCUT2D eigenvalue weighted by atomic mass is 16.6. The first-order valence-corrected chi connectivity index (χ1v) is 5.64. The Morgan fingerprint density at radius 2 is 2.12 bits per heavy atom. The lowest BCUT2D eigenvalue weighted by molar-refractivity contribution is -0.385. The van der Waals surface area contributed by atoms with Crippen LogP contribution in [0.5, 0.6) is 11.5 Å². The van der Waals surface area contributed by atoms with Gasteiger partial charge in [0, 0.05) is 0 Å². The van der Waals surface area contributed by atoms with Gasteiger partial charge in [-0.25, -0.2) is 0 Å². The maximum atomic E-state index is 10.8. The van der Waals surface area contributed by atoms with Crippen LogP contribution < -0.4 is 9.47 Å². The lowest BCUT2D eigenvalue weighted by Gasteiger charge is -2.07. The molecule has 0 atom stereocenters. The van der Waals surface area contributed by atoms with Gasteiger partial charge < -0.3 is 9.47 Å². The molecule has 0 amide bonds. The van der Waals surface area contributed by atoms with Crippen LogP contribution in [0, 0.1) is 10.1 Å². The molecule has 0 aromatic heterocycles. The molecule has 1 aromatic rings. The quantitative estimate of drug-likeness (QED) is 0.416. The highest BCUT2D eigenvalue weighted by Gasteiger charge is 2.16. The van der Waals surface area contributed by atoms with Crippen molar-refractivity contribution in [3.05, 3.63) is 28.3 Å². The summed E-state index contributed by atoms with van der Waals surface area (Å²) >= 11 is 0. The van der Waals surface area contributed by atoms with Gasteiger partial charge in [-0.15, -0.1) is 0 Å². The van der Waals surface area contributed by atoms with Gasteiger partial charge in [-0.2, -0.15) is 0 Å². The molecule has 0 bridgehead atoms. The van der Waals surface area contributed by atoms with Gasteiger partial charge in [0.1, 0.15) is 5.75 Å². The number of methoxy groups -OCH3 is 1. The molecule has 5 heteroatoms. The molecule has 0 aliphatic rings. The average Bonchev–Trinajstić information content (AvgIpc) is 2.34. The first-order chi connectivity index (χ1) is 8.19. The third-order valence-electron chi connectivity index (χ3n) is 2.37. The summed E-state index contributed by atoms with van der Waals surface area (Å²) in [5, 5.41) is 10.8. The van der Waals surface area contributed by atoms with Gasteiger partial charge in [-0.3, -0.25) is 10.1 Å². The van der Waals surface area contributed by atoms with Crippen LogP contribution in [0.1, 0.15) is 26.2 Å². The number of rotatable bonds is 7. The fraction of sp³-hybridized carbons (Fsp3) is 0.500. The minimum Gasteiger partial charge on any atom is -0.496 e. The Morgan fingerprint density at radius 3 is 2.71 bits per heavy atom. The number of ether oxygens (including phenoxy) is 2. The lowest BCUT2D eigenvalue weighted by Crippen LogP contribution is -2.00. The molecule has 0 unspecified atom stereocenters. The molecule has 17 heavy (non-hydrogen) atoms. The predicted octanol–water partition coefficient (Wildman–Crippen LogP) is 3.17. The van der Waals surface area contributed by atoms with Crippen LogP contribution >= 0.6 is 0 Å². The van der Waals surface area contributed by atoms with E-state index in [2.05, 4.69) is 6.92 Å².